The number of likely N-dealkylation sites (tertiary alicyclic amines) is 2. The Morgan fingerprint density at radius 3 is 1.47 bits per heavy atom. The summed E-state index contributed by atoms with van der Waals surface area (Å²) in [5.74, 6) is 0.687. The molecule has 2 saturated heterocycles. The minimum Gasteiger partial charge on any atom is -0.278 e. The molecule has 2 aliphatic carbocycles. The highest BCUT2D eigenvalue weighted by atomic mass is 32.2. The van der Waals surface area contributed by atoms with Crippen molar-refractivity contribution in [2.75, 3.05) is 11.5 Å². The average molecular weight is 557 g/mol. The molecule has 0 bridgehead atoms. The number of amides is 4. The van der Waals surface area contributed by atoms with Gasteiger partial charge in [0.2, 0.25) is 23.6 Å². The summed E-state index contributed by atoms with van der Waals surface area (Å²) in [7, 11) is 0. The van der Waals surface area contributed by atoms with E-state index in [2.05, 4.69) is 0 Å². The number of carbonyl (C=O) groups is 4. The summed E-state index contributed by atoms with van der Waals surface area (Å²) in [6.07, 6.45) is 13.2. The van der Waals surface area contributed by atoms with Gasteiger partial charge < -0.3 is 0 Å². The van der Waals surface area contributed by atoms with E-state index in [1.807, 2.05) is 47.8 Å². The van der Waals surface area contributed by atoms with Crippen LogP contribution in [0.4, 0.5) is 0 Å². The highest BCUT2D eigenvalue weighted by Gasteiger charge is 2.40. The van der Waals surface area contributed by atoms with E-state index < -0.39 is 0 Å². The van der Waals surface area contributed by atoms with Gasteiger partial charge >= 0.3 is 0 Å². The predicted octanol–water partition coefficient (Wildman–Crippen LogP) is 5.57. The number of benzene rings is 1. The van der Waals surface area contributed by atoms with Gasteiger partial charge in [0.05, 0.1) is 24.9 Å². The molecule has 1 aromatic rings. The van der Waals surface area contributed by atoms with Crippen molar-refractivity contribution >= 4 is 47.2 Å². The summed E-state index contributed by atoms with van der Waals surface area (Å²) in [5, 5.41) is 1.25. The Labute approximate surface area is 235 Å². The number of thioether (sulfide) groups is 2. The van der Waals surface area contributed by atoms with Gasteiger partial charge in [-0.25, -0.2) is 0 Å². The van der Waals surface area contributed by atoms with E-state index in [1.165, 1.54) is 74.0 Å². The minimum absolute atomic E-state index is 0.0630. The van der Waals surface area contributed by atoms with Crippen molar-refractivity contribution in [2.24, 2.45) is 11.8 Å². The maximum absolute atomic E-state index is 13.0. The van der Waals surface area contributed by atoms with Crippen molar-refractivity contribution in [3.63, 3.8) is 0 Å². The normalized spacial score (nSPS) is 25.7. The van der Waals surface area contributed by atoms with E-state index in [1.54, 1.807) is 0 Å². The molecule has 6 nitrogen and oxygen atoms in total. The van der Waals surface area contributed by atoms with Crippen molar-refractivity contribution in [3.8, 4) is 0 Å². The monoisotopic (exact) mass is 556 g/mol. The number of hydrogen-bond acceptors (Lipinski definition) is 6. The third-order valence-corrected chi connectivity index (χ3v) is 11.6. The lowest BCUT2D eigenvalue weighted by molar-refractivity contribution is -0.141. The molecule has 4 fully saturated rings. The molecule has 206 valence electrons. The van der Waals surface area contributed by atoms with Crippen LogP contribution in [0.5, 0.6) is 0 Å². The van der Waals surface area contributed by atoms with Gasteiger partial charge in [-0.1, -0.05) is 62.8 Å². The van der Waals surface area contributed by atoms with Crippen LogP contribution in [-0.2, 0) is 32.3 Å². The fourth-order valence-corrected chi connectivity index (χ4v) is 9.12. The van der Waals surface area contributed by atoms with E-state index >= 15 is 0 Å². The van der Waals surface area contributed by atoms with E-state index in [4.69, 9.17) is 0 Å². The fourth-order valence-electron chi connectivity index (χ4n) is 6.26. The van der Waals surface area contributed by atoms with Crippen LogP contribution in [0.15, 0.2) is 24.3 Å². The molecule has 38 heavy (non-hydrogen) atoms. The van der Waals surface area contributed by atoms with E-state index in [-0.39, 0.29) is 48.6 Å². The van der Waals surface area contributed by atoms with E-state index in [9.17, 15) is 19.2 Å². The van der Waals surface area contributed by atoms with Gasteiger partial charge in [0.15, 0.2) is 0 Å². The maximum atomic E-state index is 13.0. The van der Waals surface area contributed by atoms with Gasteiger partial charge in [0.25, 0.3) is 0 Å². The molecule has 4 amide bonds. The molecule has 2 atom stereocenters. The Bertz CT molecular complexity index is 958. The summed E-state index contributed by atoms with van der Waals surface area (Å²) in [6, 6.07) is 7.62. The van der Waals surface area contributed by atoms with E-state index in [0.717, 1.165) is 22.6 Å². The lowest BCUT2D eigenvalue weighted by atomic mass is 10.0. The van der Waals surface area contributed by atoms with Crippen molar-refractivity contribution in [1.82, 2.24) is 9.80 Å². The Kier molecular flexibility index (Phi) is 9.52. The topological polar surface area (TPSA) is 74.8 Å². The Morgan fingerprint density at radius 2 is 1.05 bits per heavy atom. The van der Waals surface area contributed by atoms with Crippen LogP contribution in [0.2, 0.25) is 0 Å². The van der Waals surface area contributed by atoms with Crippen molar-refractivity contribution < 1.29 is 19.2 Å². The van der Waals surface area contributed by atoms with Crippen LogP contribution in [0, 0.1) is 11.8 Å². The number of rotatable bonds is 10. The molecule has 4 aliphatic rings. The number of nitrogens with zero attached hydrogens (tertiary/aromatic N) is 2. The zero-order chi connectivity index (χ0) is 26.5. The average Bonchev–Trinajstić information content (AvgIpc) is 3.36. The smallest absolute Gasteiger partial charge is 0.233 e. The summed E-state index contributed by atoms with van der Waals surface area (Å²) in [5.41, 5.74) is 1.71. The van der Waals surface area contributed by atoms with Crippen LogP contribution in [0.1, 0.15) is 88.2 Å². The molecule has 8 heteroatoms. The maximum Gasteiger partial charge on any atom is 0.233 e. The third-order valence-electron chi connectivity index (χ3n) is 8.52. The summed E-state index contributed by atoms with van der Waals surface area (Å²) >= 11 is 3.74. The first-order valence-electron chi connectivity index (χ1n) is 14.5. The molecule has 2 heterocycles. The molecule has 0 radical (unpaired) electrons. The van der Waals surface area contributed by atoms with Crippen LogP contribution in [-0.4, -0.2) is 55.4 Å². The Hall–Kier alpha value is -1.80. The van der Waals surface area contributed by atoms with Gasteiger partial charge in [-0.3, -0.25) is 29.0 Å². The van der Waals surface area contributed by atoms with Crippen molar-refractivity contribution in [3.05, 3.63) is 35.4 Å². The zero-order valence-corrected chi connectivity index (χ0v) is 23.9. The summed E-state index contributed by atoms with van der Waals surface area (Å²) in [6.45, 7) is 0.497. The molecule has 2 saturated carbocycles. The van der Waals surface area contributed by atoms with Crippen LogP contribution in [0.25, 0.3) is 0 Å². The van der Waals surface area contributed by atoms with Crippen molar-refractivity contribution in [1.29, 1.82) is 0 Å². The molecule has 1 aromatic carbocycles. The quantitative estimate of drug-likeness (QED) is 0.351. The van der Waals surface area contributed by atoms with Gasteiger partial charge in [0.1, 0.15) is 0 Å². The molecule has 2 aliphatic heterocycles. The van der Waals surface area contributed by atoms with Crippen molar-refractivity contribution in [2.45, 2.75) is 101 Å². The Balaban J connectivity index is 1.13. The molecular formula is C30H40N2O4S2. The SMILES string of the molecule is O=C1CC(CSC2CCCCC2)C(=O)N1Cc1cccc(CN2C(=O)CC(CSC3CCCCC3)C2=O)c1. The van der Waals surface area contributed by atoms with Crippen LogP contribution >= 0.6 is 23.5 Å². The first-order chi connectivity index (χ1) is 18.5. The lowest BCUT2D eigenvalue weighted by Gasteiger charge is -2.22. The molecule has 5 rings (SSSR count). The first-order valence-corrected chi connectivity index (χ1v) is 16.6. The first kappa shape index (κ1) is 27.8. The lowest BCUT2D eigenvalue weighted by Crippen LogP contribution is -2.31. The van der Waals surface area contributed by atoms with Crippen LogP contribution < -0.4 is 0 Å². The molecule has 0 spiro atoms. The number of hydrogen-bond donors (Lipinski definition) is 0. The molecule has 0 N–H and O–H groups in total. The summed E-state index contributed by atoms with van der Waals surface area (Å²) < 4.78 is 0. The molecular weight excluding hydrogens is 516 g/mol. The van der Waals surface area contributed by atoms with Crippen LogP contribution in [0.3, 0.4) is 0 Å². The Morgan fingerprint density at radius 1 is 0.632 bits per heavy atom. The summed E-state index contributed by atoms with van der Waals surface area (Å²) in [4.78, 5) is 54.3. The van der Waals surface area contributed by atoms with Gasteiger partial charge in [-0.2, -0.15) is 23.5 Å². The second-order valence-corrected chi connectivity index (χ2v) is 14.1. The largest absolute Gasteiger partial charge is 0.278 e. The van der Waals surface area contributed by atoms with Gasteiger partial charge in [-0.15, -0.1) is 0 Å². The zero-order valence-electron chi connectivity index (χ0n) is 22.3. The number of carbonyl (C=O) groups excluding carboxylic acids is 4. The highest BCUT2D eigenvalue weighted by molar-refractivity contribution is 8.00. The third kappa shape index (κ3) is 6.85. The second kappa shape index (κ2) is 13.0. The van der Waals surface area contributed by atoms with Gasteiger partial charge in [0, 0.05) is 34.8 Å². The predicted molar refractivity (Wildman–Crippen MR) is 152 cm³/mol. The molecule has 0 aromatic heterocycles. The van der Waals surface area contributed by atoms with E-state index in [0.29, 0.717) is 23.3 Å². The number of imide groups is 2. The highest BCUT2D eigenvalue weighted by Crippen LogP contribution is 2.34. The standard InChI is InChI=1S/C30H40N2O4S2/c33-27-15-23(19-37-25-10-3-1-4-11-25)29(35)31(27)17-21-8-7-9-22(14-21)18-32-28(34)16-24(30(32)36)20-38-26-12-5-2-6-13-26/h7-9,14,23-26H,1-6,10-13,15-20H2. The minimum atomic E-state index is -0.221. The fraction of sp³-hybridized carbons (Fsp3) is 0.667. The molecule has 2 unspecified atom stereocenters. The second-order valence-electron chi connectivity index (χ2n) is 11.4. The van der Waals surface area contributed by atoms with Gasteiger partial charge in [-0.05, 0) is 36.8 Å².